The minimum absolute atomic E-state index is 0.0915. The van der Waals surface area contributed by atoms with Crippen molar-refractivity contribution in [3.05, 3.63) is 52.5 Å². The highest BCUT2D eigenvalue weighted by Crippen LogP contribution is 2.20. The Labute approximate surface area is 149 Å². The lowest BCUT2D eigenvalue weighted by Crippen LogP contribution is -2.17. The van der Waals surface area contributed by atoms with Gasteiger partial charge < -0.3 is 14.2 Å². The van der Waals surface area contributed by atoms with Crippen molar-refractivity contribution >= 4 is 28.5 Å². The van der Waals surface area contributed by atoms with E-state index in [9.17, 15) is 14.4 Å². The number of hydrogen-bond donors (Lipinski definition) is 1. The van der Waals surface area contributed by atoms with Crippen LogP contribution in [0.4, 0.5) is 0 Å². The maximum Gasteiger partial charge on any atom is 0.312 e. The van der Waals surface area contributed by atoms with Crippen LogP contribution in [0.1, 0.15) is 44.7 Å². The second kappa shape index (κ2) is 6.95. The Morgan fingerprint density at radius 2 is 1.92 bits per heavy atom. The third-order valence-corrected chi connectivity index (χ3v) is 4.20. The molecule has 1 aromatic carbocycles. The fraction of sp³-hybridized carbons (Fsp3) is 0.263. The van der Waals surface area contributed by atoms with Crippen LogP contribution in [0, 0.1) is 13.8 Å². The summed E-state index contributed by atoms with van der Waals surface area (Å²) in [5.74, 6) is -1.09. The first-order valence-corrected chi connectivity index (χ1v) is 8.10. The number of fused-ring (bicyclic) bond motifs is 1. The maximum absolute atomic E-state index is 12.3. The van der Waals surface area contributed by atoms with Gasteiger partial charge in [-0.05, 0) is 38.5 Å². The van der Waals surface area contributed by atoms with Crippen molar-refractivity contribution in [3.63, 3.8) is 0 Å². The number of Topliss-reactive ketones (excluding diaryl/α,β-unsaturated/α-hetero) is 2. The number of ketones is 2. The van der Waals surface area contributed by atoms with Gasteiger partial charge >= 0.3 is 5.97 Å². The molecule has 1 N–H and O–H groups in total. The maximum atomic E-state index is 12.3. The first-order valence-electron chi connectivity index (χ1n) is 8.10. The zero-order valence-electron chi connectivity index (χ0n) is 14.7. The SMILES string of the molecule is CC(=O)c1c(C)[nH]c(C(=O)COC(=O)Cc2noc3ccccc23)c1C. The summed E-state index contributed by atoms with van der Waals surface area (Å²) < 4.78 is 10.2. The third-order valence-electron chi connectivity index (χ3n) is 4.20. The Hall–Kier alpha value is -3.22. The summed E-state index contributed by atoms with van der Waals surface area (Å²) in [5.41, 5.74) is 3.02. The number of rotatable bonds is 6. The third kappa shape index (κ3) is 3.28. The van der Waals surface area contributed by atoms with Crippen molar-refractivity contribution in [3.8, 4) is 0 Å². The molecule has 3 rings (SSSR count). The molecule has 0 fully saturated rings. The number of H-pyrrole nitrogens is 1. The van der Waals surface area contributed by atoms with Crippen LogP contribution in [0.15, 0.2) is 28.8 Å². The molecule has 26 heavy (non-hydrogen) atoms. The molecular weight excluding hydrogens is 336 g/mol. The molecule has 0 amide bonds. The zero-order chi connectivity index (χ0) is 18.8. The number of aromatic nitrogens is 2. The van der Waals surface area contributed by atoms with Gasteiger partial charge in [0.1, 0.15) is 5.69 Å². The molecule has 0 bridgehead atoms. The number of carbonyl (C=O) groups is 3. The predicted octanol–water partition coefficient (Wildman–Crippen LogP) is 2.94. The molecule has 0 unspecified atom stereocenters. The highest BCUT2D eigenvalue weighted by Gasteiger charge is 2.21. The van der Waals surface area contributed by atoms with E-state index in [2.05, 4.69) is 10.1 Å². The Balaban J connectivity index is 1.65. The van der Waals surface area contributed by atoms with Gasteiger partial charge in [0.25, 0.3) is 0 Å². The van der Waals surface area contributed by atoms with Gasteiger partial charge in [-0.1, -0.05) is 17.3 Å². The van der Waals surface area contributed by atoms with Gasteiger partial charge in [0.2, 0.25) is 5.78 Å². The fourth-order valence-corrected chi connectivity index (χ4v) is 3.03. The summed E-state index contributed by atoms with van der Waals surface area (Å²) in [4.78, 5) is 38.9. The number of hydrogen-bond acceptors (Lipinski definition) is 6. The predicted molar refractivity (Wildman–Crippen MR) is 93.3 cm³/mol. The number of para-hydroxylation sites is 1. The Morgan fingerprint density at radius 3 is 2.62 bits per heavy atom. The van der Waals surface area contributed by atoms with Crippen LogP contribution in [0.2, 0.25) is 0 Å². The van der Waals surface area contributed by atoms with E-state index < -0.39 is 18.4 Å². The van der Waals surface area contributed by atoms with E-state index in [4.69, 9.17) is 9.26 Å². The smallest absolute Gasteiger partial charge is 0.312 e. The first-order chi connectivity index (χ1) is 12.4. The Morgan fingerprint density at radius 1 is 1.19 bits per heavy atom. The highest BCUT2D eigenvalue weighted by molar-refractivity contribution is 6.04. The second-order valence-electron chi connectivity index (χ2n) is 6.07. The summed E-state index contributed by atoms with van der Waals surface area (Å²) in [7, 11) is 0. The average Bonchev–Trinajstić information content (AvgIpc) is 3.13. The van der Waals surface area contributed by atoms with E-state index in [0.29, 0.717) is 28.1 Å². The molecule has 3 aromatic rings. The van der Waals surface area contributed by atoms with Crippen LogP contribution in [-0.2, 0) is 16.0 Å². The van der Waals surface area contributed by atoms with E-state index in [1.54, 1.807) is 26.0 Å². The van der Waals surface area contributed by atoms with Gasteiger partial charge in [-0.25, -0.2) is 0 Å². The van der Waals surface area contributed by atoms with Gasteiger partial charge in [0.05, 0.1) is 12.1 Å². The summed E-state index contributed by atoms with van der Waals surface area (Å²) in [6.07, 6.45) is -0.0915. The van der Waals surface area contributed by atoms with Crippen LogP contribution < -0.4 is 0 Å². The van der Waals surface area contributed by atoms with Crippen LogP contribution >= 0.6 is 0 Å². The monoisotopic (exact) mass is 354 g/mol. The number of carbonyl (C=O) groups excluding carboxylic acids is 3. The molecule has 2 aromatic heterocycles. The fourth-order valence-electron chi connectivity index (χ4n) is 3.03. The summed E-state index contributed by atoms with van der Waals surface area (Å²) in [5, 5.41) is 4.60. The molecule has 2 heterocycles. The molecule has 0 radical (unpaired) electrons. The van der Waals surface area contributed by atoms with Gasteiger partial charge in [-0.2, -0.15) is 0 Å². The van der Waals surface area contributed by atoms with Crippen molar-refractivity contribution < 1.29 is 23.6 Å². The average molecular weight is 354 g/mol. The number of esters is 1. The Kier molecular flexibility index (Phi) is 4.71. The molecule has 0 saturated heterocycles. The number of nitrogens with one attached hydrogen (secondary N) is 1. The van der Waals surface area contributed by atoms with Crippen molar-refractivity contribution in [2.45, 2.75) is 27.2 Å². The van der Waals surface area contributed by atoms with Gasteiger partial charge in [0.15, 0.2) is 18.0 Å². The molecule has 0 atom stereocenters. The van der Waals surface area contributed by atoms with Crippen molar-refractivity contribution in [1.82, 2.24) is 10.1 Å². The first kappa shape index (κ1) is 17.6. The highest BCUT2D eigenvalue weighted by atomic mass is 16.5. The van der Waals surface area contributed by atoms with Gasteiger partial charge in [-0.3, -0.25) is 14.4 Å². The molecule has 7 nitrogen and oxygen atoms in total. The Bertz CT molecular complexity index is 1010. The lowest BCUT2D eigenvalue weighted by molar-refractivity contribution is -0.141. The lowest BCUT2D eigenvalue weighted by Gasteiger charge is -2.03. The number of aryl methyl sites for hydroxylation is 1. The molecule has 0 spiro atoms. The van der Waals surface area contributed by atoms with Crippen LogP contribution in [0.25, 0.3) is 11.0 Å². The topological polar surface area (TPSA) is 102 Å². The molecule has 0 aliphatic rings. The largest absolute Gasteiger partial charge is 0.457 e. The van der Waals surface area contributed by atoms with Crippen molar-refractivity contribution in [1.29, 1.82) is 0 Å². The van der Waals surface area contributed by atoms with E-state index in [-0.39, 0.29) is 17.9 Å². The zero-order valence-corrected chi connectivity index (χ0v) is 14.7. The standard InChI is InChI=1S/C19H18N2O5/c1-10-18(12(3)22)11(2)20-19(10)15(23)9-25-17(24)8-14-13-6-4-5-7-16(13)26-21-14/h4-7,20H,8-9H2,1-3H3. The van der Waals surface area contributed by atoms with Crippen LogP contribution in [0.5, 0.6) is 0 Å². The summed E-state index contributed by atoms with van der Waals surface area (Å²) in [6, 6.07) is 7.18. The quantitative estimate of drug-likeness (QED) is 0.539. The number of ether oxygens (including phenoxy) is 1. The molecule has 0 aliphatic heterocycles. The summed E-state index contributed by atoms with van der Waals surface area (Å²) in [6.45, 7) is 4.45. The molecular formula is C19H18N2O5. The van der Waals surface area contributed by atoms with Crippen molar-refractivity contribution in [2.24, 2.45) is 0 Å². The van der Waals surface area contributed by atoms with E-state index in [1.807, 2.05) is 12.1 Å². The minimum atomic E-state index is -0.579. The summed E-state index contributed by atoms with van der Waals surface area (Å²) >= 11 is 0. The number of benzene rings is 1. The van der Waals surface area contributed by atoms with E-state index in [1.165, 1.54) is 6.92 Å². The van der Waals surface area contributed by atoms with Gasteiger partial charge in [-0.15, -0.1) is 0 Å². The van der Waals surface area contributed by atoms with E-state index in [0.717, 1.165) is 5.39 Å². The lowest BCUT2D eigenvalue weighted by atomic mass is 10.1. The van der Waals surface area contributed by atoms with Crippen LogP contribution in [-0.4, -0.2) is 34.3 Å². The van der Waals surface area contributed by atoms with Gasteiger partial charge in [0, 0.05) is 16.6 Å². The normalized spacial score (nSPS) is 10.9. The van der Waals surface area contributed by atoms with E-state index >= 15 is 0 Å². The molecule has 0 aliphatic carbocycles. The number of nitrogens with zero attached hydrogens (tertiary/aromatic N) is 1. The second-order valence-corrected chi connectivity index (χ2v) is 6.07. The van der Waals surface area contributed by atoms with Crippen LogP contribution in [0.3, 0.4) is 0 Å². The molecule has 7 heteroatoms. The molecule has 0 saturated carbocycles. The minimum Gasteiger partial charge on any atom is -0.457 e. The van der Waals surface area contributed by atoms with Crippen molar-refractivity contribution in [2.75, 3.05) is 6.61 Å². The molecule has 134 valence electrons. The number of aromatic amines is 1.